The minimum Gasteiger partial charge on any atom is -0.351 e. The standard InChI is InChI=1S/C21H28N8OS/c1-12-8-17(28-27-12)25-20-19-16(6-7-31-19)24-21(26-20)23-13-9-14-4-3-5-15(10-13)29(14)18(30)11-22-2/h6-8,13-15,22H,3-5,9-11H2,1-2H3,(H3,23,24,25,26,27,28)/t13?,14-,15+. The highest BCUT2D eigenvalue weighted by molar-refractivity contribution is 7.17. The lowest BCUT2D eigenvalue weighted by Crippen LogP contribution is -2.58. The molecule has 5 heterocycles. The first kappa shape index (κ1) is 20.2. The minimum absolute atomic E-state index is 0.215. The lowest BCUT2D eigenvalue weighted by atomic mass is 9.81. The third kappa shape index (κ3) is 4.09. The maximum Gasteiger partial charge on any atom is 0.237 e. The third-order valence-corrected chi connectivity index (χ3v) is 7.09. The molecule has 0 aliphatic carbocycles. The van der Waals surface area contributed by atoms with Gasteiger partial charge in [-0.1, -0.05) is 0 Å². The van der Waals surface area contributed by atoms with Crippen molar-refractivity contribution in [1.82, 2.24) is 30.4 Å². The number of piperidine rings is 2. The van der Waals surface area contributed by atoms with Crippen LogP contribution < -0.4 is 16.0 Å². The predicted octanol–water partition coefficient (Wildman–Crippen LogP) is 3.01. The van der Waals surface area contributed by atoms with Gasteiger partial charge in [-0.15, -0.1) is 11.3 Å². The number of fused-ring (bicyclic) bond motifs is 3. The molecule has 0 radical (unpaired) electrons. The minimum atomic E-state index is 0.215. The fraction of sp³-hybridized carbons (Fsp3) is 0.524. The molecule has 1 amide bonds. The number of carbonyl (C=O) groups excluding carboxylic acids is 1. The molecule has 2 bridgehead atoms. The summed E-state index contributed by atoms with van der Waals surface area (Å²) in [5.74, 6) is 2.34. The van der Waals surface area contributed by atoms with E-state index in [1.165, 1.54) is 6.42 Å². The molecule has 5 rings (SSSR count). The van der Waals surface area contributed by atoms with Crippen molar-refractivity contribution >= 4 is 45.0 Å². The van der Waals surface area contributed by atoms with Gasteiger partial charge in [-0.2, -0.15) is 10.1 Å². The Labute approximate surface area is 185 Å². The number of carbonyl (C=O) groups is 1. The van der Waals surface area contributed by atoms with E-state index in [1.54, 1.807) is 11.3 Å². The first-order chi connectivity index (χ1) is 15.1. The summed E-state index contributed by atoms with van der Waals surface area (Å²) in [4.78, 5) is 24.3. The van der Waals surface area contributed by atoms with Crippen molar-refractivity contribution in [2.45, 2.75) is 57.2 Å². The second kappa shape index (κ2) is 8.43. The number of hydrogen-bond donors (Lipinski definition) is 4. The summed E-state index contributed by atoms with van der Waals surface area (Å²) in [7, 11) is 1.83. The monoisotopic (exact) mass is 440 g/mol. The fourth-order valence-electron chi connectivity index (χ4n) is 4.95. The number of aromatic nitrogens is 4. The topological polar surface area (TPSA) is 111 Å². The number of H-pyrrole nitrogens is 1. The summed E-state index contributed by atoms with van der Waals surface area (Å²) in [5, 5.41) is 19.2. The lowest BCUT2D eigenvalue weighted by Gasteiger charge is -2.49. The van der Waals surface area contributed by atoms with E-state index in [1.807, 2.05) is 31.5 Å². The molecule has 3 aromatic heterocycles. The molecule has 4 N–H and O–H groups in total. The molecular formula is C21H28N8OS. The smallest absolute Gasteiger partial charge is 0.237 e. The van der Waals surface area contributed by atoms with Crippen LogP contribution in [0.4, 0.5) is 17.6 Å². The van der Waals surface area contributed by atoms with Gasteiger partial charge in [-0.25, -0.2) is 4.98 Å². The van der Waals surface area contributed by atoms with E-state index in [-0.39, 0.29) is 11.9 Å². The molecular weight excluding hydrogens is 412 g/mol. The highest BCUT2D eigenvalue weighted by atomic mass is 32.1. The number of nitrogens with zero attached hydrogens (tertiary/aromatic N) is 4. The van der Waals surface area contributed by atoms with Crippen molar-refractivity contribution in [3.05, 3.63) is 23.2 Å². The van der Waals surface area contributed by atoms with E-state index in [0.29, 0.717) is 24.6 Å². The number of aryl methyl sites for hydroxylation is 1. The second-order valence-electron chi connectivity index (χ2n) is 8.47. The first-order valence-corrected chi connectivity index (χ1v) is 11.7. The van der Waals surface area contributed by atoms with Crippen LogP contribution in [0.3, 0.4) is 0 Å². The van der Waals surface area contributed by atoms with Crippen LogP contribution in [0.1, 0.15) is 37.8 Å². The van der Waals surface area contributed by atoms with Gasteiger partial charge < -0.3 is 20.9 Å². The third-order valence-electron chi connectivity index (χ3n) is 6.18. The Kier molecular flexibility index (Phi) is 5.49. The Morgan fingerprint density at radius 1 is 1.29 bits per heavy atom. The number of anilines is 3. The quantitative estimate of drug-likeness (QED) is 0.466. The number of thiophene rings is 1. The largest absolute Gasteiger partial charge is 0.351 e. The van der Waals surface area contributed by atoms with Gasteiger partial charge in [-0.05, 0) is 57.5 Å². The van der Waals surface area contributed by atoms with Gasteiger partial charge >= 0.3 is 0 Å². The molecule has 2 fully saturated rings. The van der Waals surface area contributed by atoms with E-state index in [4.69, 9.17) is 9.97 Å². The zero-order chi connectivity index (χ0) is 21.4. The Morgan fingerprint density at radius 2 is 2.10 bits per heavy atom. The van der Waals surface area contributed by atoms with Gasteiger partial charge in [0.25, 0.3) is 0 Å². The maximum atomic E-state index is 12.6. The summed E-state index contributed by atoms with van der Waals surface area (Å²) in [6.45, 7) is 2.38. The molecule has 3 aromatic rings. The van der Waals surface area contributed by atoms with Crippen LogP contribution in [0.25, 0.3) is 10.2 Å². The van der Waals surface area contributed by atoms with Crippen LogP contribution in [0, 0.1) is 6.92 Å². The van der Waals surface area contributed by atoms with Crippen molar-refractivity contribution in [2.24, 2.45) is 0 Å². The maximum absolute atomic E-state index is 12.6. The summed E-state index contributed by atoms with van der Waals surface area (Å²) >= 11 is 1.61. The Hall–Kier alpha value is -2.72. The number of hydrogen-bond acceptors (Lipinski definition) is 8. The van der Waals surface area contributed by atoms with Crippen molar-refractivity contribution < 1.29 is 4.79 Å². The van der Waals surface area contributed by atoms with Crippen LogP contribution in [0.2, 0.25) is 0 Å². The summed E-state index contributed by atoms with van der Waals surface area (Å²) in [5.41, 5.74) is 1.91. The zero-order valence-corrected chi connectivity index (χ0v) is 18.6. The molecule has 31 heavy (non-hydrogen) atoms. The first-order valence-electron chi connectivity index (χ1n) is 10.9. The number of amides is 1. The molecule has 0 spiro atoms. The average molecular weight is 441 g/mol. The van der Waals surface area contributed by atoms with Crippen LogP contribution in [0.5, 0.6) is 0 Å². The highest BCUT2D eigenvalue weighted by Gasteiger charge is 2.40. The van der Waals surface area contributed by atoms with Gasteiger partial charge in [0.15, 0.2) is 11.6 Å². The lowest BCUT2D eigenvalue weighted by molar-refractivity contribution is -0.139. The normalized spacial score (nSPS) is 23.2. The summed E-state index contributed by atoms with van der Waals surface area (Å²) < 4.78 is 1.01. The molecule has 1 unspecified atom stereocenters. The Balaban J connectivity index is 1.35. The number of nitrogens with one attached hydrogen (secondary N) is 4. The van der Waals surface area contributed by atoms with Gasteiger partial charge in [0, 0.05) is 29.9 Å². The zero-order valence-electron chi connectivity index (χ0n) is 17.8. The molecule has 10 heteroatoms. The van der Waals surface area contributed by atoms with Crippen molar-refractivity contribution in [3.63, 3.8) is 0 Å². The van der Waals surface area contributed by atoms with E-state index >= 15 is 0 Å². The highest BCUT2D eigenvalue weighted by Crippen LogP contribution is 2.36. The Bertz CT molecular complexity index is 1060. The Morgan fingerprint density at radius 3 is 2.81 bits per heavy atom. The second-order valence-corrected chi connectivity index (χ2v) is 9.39. The molecule has 2 aliphatic heterocycles. The van der Waals surface area contributed by atoms with Gasteiger partial charge in [0.05, 0.1) is 16.8 Å². The van der Waals surface area contributed by atoms with Crippen molar-refractivity contribution in [1.29, 1.82) is 0 Å². The molecule has 0 aromatic carbocycles. The number of rotatable bonds is 6. The summed E-state index contributed by atoms with van der Waals surface area (Å²) in [6.07, 6.45) is 5.19. The number of aromatic amines is 1. The SMILES string of the molecule is CNCC(=O)N1[C@@H]2CCC[C@H]1CC(Nc1nc(Nc3cc(C)[nH]n3)c3sccc3n1)C2. The van der Waals surface area contributed by atoms with E-state index in [0.717, 1.165) is 53.2 Å². The summed E-state index contributed by atoms with van der Waals surface area (Å²) in [6, 6.07) is 4.81. The molecule has 9 nitrogen and oxygen atoms in total. The van der Waals surface area contributed by atoms with Gasteiger partial charge in [0.1, 0.15) is 0 Å². The van der Waals surface area contributed by atoms with E-state index < -0.39 is 0 Å². The predicted molar refractivity (Wildman–Crippen MR) is 123 cm³/mol. The molecule has 0 saturated carbocycles. The van der Waals surface area contributed by atoms with Gasteiger partial charge in [-0.3, -0.25) is 9.89 Å². The molecule has 164 valence electrons. The number of likely N-dealkylation sites (N-methyl/N-ethyl adjacent to an activating group) is 1. The average Bonchev–Trinajstić information content (AvgIpc) is 3.36. The van der Waals surface area contributed by atoms with Crippen LogP contribution in [0.15, 0.2) is 17.5 Å². The van der Waals surface area contributed by atoms with Crippen molar-refractivity contribution in [2.75, 3.05) is 24.2 Å². The van der Waals surface area contributed by atoms with Crippen molar-refractivity contribution in [3.8, 4) is 0 Å². The fourth-order valence-corrected chi connectivity index (χ4v) is 5.72. The van der Waals surface area contributed by atoms with Crippen LogP contribution >= 0.6 is 11.3 Å². The van der Waals surface area contributed by atoms with Crippen LogP contribution in [-0.2, 0) is 4.79 Å². The molecule has 2 aliphatic rings. The van der Waals surface area contributed by atoms with Gasteiger partial charge in [0.2, 0.25) is 11.9 Å². The van der Waals surface area contributed by atoms with E-state index in [9.17, 15) is 4.79 Å². The molecule has 2 saturated heterocycles. The van der Waals surface area contributed by atoms with E-state index in [2.05, 4.69) is 31.0 Å². The van der Waals surface area contributed by atoms with Crippen LogP contribution in [-0.4, -0.2) is 62.7 Å². The molecule has 3 atom stereocenters.